The number of rotatable bonds is 0. The van der Waals surface area contributed by atoms with Crippen LogP contribution < -0.4 is 0 Å². The predicted molar refractivity (Wildman–Crippen MR) is 33.7 cm³/mol. The Morgan fingerprint density at radius 1 is 1.67 bits per heavy atom. The maximum atomic E-state index is 3.36. The summed E-state index contributed by atoms with van der Waals surface area (Å²) in [7, 11) is 0. The van der Waals surface area contributed by atoms with Crippen molar-refractivity contribution in [1.82, 2.24) is 0 Å². The van der Waals surface area contributed by atoms with Gasteiger partial charge in [0.1, 0.15) is 0 Å². The average Bonchev–Trinajstić information content (AvgIpc) is 1.39. The molecule has 0 fully saturated rings. The molecular weight excluding hydrogens is 261 g/mol. The standard InChI is InChI=1S/C3H6.2BrH.Zn/c1-3-2;;;/h3H,1H2,2H3;2*1H;/q;;;+2/p-2. The van der Waals surface area contributed by atoms with Crippen molar-refractivity contribution in [2.45, 2.75) is 6.92 Å². The molecule has 0 nitrogen and oxygen atoms in total. The van der Waals surface area contributed by atoms with Crippen LogP contribution in [0.15, 0.2) is 12.7 Å². The van der Waals surface area contributed by atoms with Gasteiger partial charge in [-0.1, -0.05) is 6.08 Å². The van der Waals surface area contributed by atoms with Gasteiger partial charge >= 0.3 is 40.5 Å². The van der Waals surface area contributed by atoms with Gasteiger partial charge in [0.15, 0.2) is 0 Å². The molecule has 0 aromatic rings. The van der Waals surface area contributed by atoms with Crippen LogP contribution in [-0.4, -0.2) is 0 Å². The zero-order valence-electron chi connectivity index (χ0n) is 3.75. The molecule has 0 amide bonds. The molecule has 34 valence electrons. The van der Waals surface area contributed by atoms with E-state index in [9.17, 15) is 0 Å². The SMILES string of the molecule is C=CC.[Br][Zn][Br]. The normalized spacial score (nSPS) is 3.83. The van der Waals surface area contributed by atoms with E-state index in [2.05, 4.69) is 33.8 Å². The van der Waals surface area contributed by atoms with Crippen LogP contribution in [0.2, 0.25) is 0 Å². The molecule has 0 rings (SSSR count). The minimum atomic E-state index is -0.250. The Labute approximate surface area is 59.7 Å². The van der Waals surface area contributed by atoms with E-state index in [1.54, 1.807) is 6.08 Å². The summed E-state index contributed by atoms with van der Waals surface area (Å²) in [6.45, 7) is 5.25. The third-order valence-corrected chi connectivity index (χ3v) is 0. The van der Waals surface area contributed by atoms with Gasteiger partial charge in [-0.05, 0) is 6.92 Å². The monoisotopic (exact) mass is 264 g/mol. The summed E-state index contributed by atoms with van der Waals surface area (Å²) in [5, 5.41) is 0. The van der Waals surface area contributed by atoms with Crippen LogP contribution in [0.5, 0.6) is 0 Å². The molecule has 0 saturated heterocycles. The van der Waals surface area contributed by atoms with Gasteiger partial charge in [0, 0.05) is 0 Å². The van der Waals surface area contributed by atoms with E-state index in [4.69, 9.17) is 0 Å². The molecule has 0 atom stereocenters. The number of hydrogen-bond donors (Lipinski definition) is 0. The molecule has 0 N–H and O–H groups in total. The molecule has 0 aliphatic heterocycles. The minimum absolute atomic E-state index is 0.250. The maximum absolute atomic E-state index is 3.36. The summed E-state index contributed by atoms with van der Waals surface area (Å²) in [4.78, 5) is 0. The first-order valence-electron chi connectivity index (χ1n) is 1.52. The Hall–Kier alpha value is 1.32. The van der Waals surface area contributed by atoms with Crippen LogP contribution in [0, 0.1) is 0 Å². The van der Waals surface area contributed by atoms with Crippen molar-refractivity contribution in [1.29, 1.82) is 0 Å². The van der Waals surface area contributed by atoms with Crippen LogP contribution in [-0.2, 0) is 13.2 Å². The first-order valence-corrected chi connectivity index (χ1v) is 15.4. The molecule has 0 unspecified atom stereocenters. The van der Waals surface area contributed by atoms with E-state index in [0.717, 1.165) is 0 Å². The molecule has 0 saturated carbocycles. The van der Waals surface area contributed by atoms with E-state index >= 15 is 0 Å². The molecular formula is C3H6Br2Zn. The van der Waals surface area contributed by atoms with Gasteiger partial charge in [0.25, 0.3) is 0 Å². The topological polar surface area (TPSA) is 0 Å². The van der Waals surface area contributed by atoms with Crippen molar-refractivity contribution in [2.24, 2.45) is 0 Å². The van der Waals surface area contributed by atoms with Crippen LogP contribution in [0.3, 0.4) is 0 Å². The van der Waals surface area contributed by atoms with Crippen LogP contribution in [0.25, 0.3) is 0 Å². The summed E-state index contributed by atoms with van der Waals surface area (Å²) in [6, 6.07) is 0. The molecule has 6 heavy (non-hydrogen) atoms. The van der Waals surface area contributed by atoms with Gasteiger partial charge in [-0.15, -0.1) is 6.58 Å². The van der Waals surface area contributed by atoms with Crippen molar-refractivity contribution in [3.8, 4) is 0 Å². The Morgan fingerprint density at radius 2 is 1.67 bits per heavy atom. The average molecular weight is 267 g/mol. The molecule has 0 bridgehead atoms. The zero-order valence-corrected chi connectivity index (χ0v) is 9.89. The van der Waals surface area contributed by atoms with Gasteiger partial charge in [0.2, 0.25) is 0 Å². The van der Waals surface area contributed by atoms with Crippen molar-refractivity contribution in [3.05, 3.63) is 12.7 Å². The fourth-order valence-electron chi connectivity index (χ4n) is 0. The van der Waals surface area contributed by atoms with Crippen molar-refractivity contribution >= 4 is 27.2 Å². The van der Waals surface area contributed by atoms with E-state index < -0.39 is 0 Å². The first kappa shape index (κ1) is 10.3. The molecule has 0 aliphatic rings. The summed E-state index contributed by atoms with van der Waals surface area (Å²) in [5.74, 6) is 0. The third-order valence-electron chi connectivity index (χ3n) is 0. The second kappa shape index (κ2) is 16.2. The van der Waals surface area contributed by atoms with E-state index in [0.29, 0.717) is 0 Å². The quantitative estimate of drug-likeness (QED) is 0.467. The summed E-state index contributed by atoms with van der Waals surface area (Å²) in [6.07, 6.45) is 1.75. The van der Waals surface area contributed by atoms with Crippen LogP contribution in [0.1, 0.15) is 6.92 Å². The van der Waals surface area contributed by atoms with Crippen molar-refractivity contribution in [3.63, 3.8) is 0 Å². The molecule has 0 aliphatic carbocycles. The summed E-state index contributed by atoms with van der Waals surface area (Å²) < 4.78 is 0. The number of hydrogen-bond acceptors (Lipinski definition) is 0. The molecule has 0 spiro atoms. The Morgan fingerprint density at radius 3 is 1.67 bits per heavy atom. The molecule has 0 heterocycles. The Bertz CT molecular complexity index is 22.8. The van der Waals surface area contributed by atoms with Crippen LogP contribution >= 0.6 is 27.2 Å². The first-order chi connectivity index (χ1) is 2.83. The molecule has 0 aromatic carbocycles. The fourth-order valence-corrected chi connectivity index (χ4v) is 0. The fraction of sp³-hybridized carbons (Fsp3) is 0.333. The molecule has 3 heteroatoms. The summed E-state index contributed by atoms with van der Waals surface area (Å²) >= 11 is 6.25. The van der Waals surface area contributed by atoms with Gasteiger partial charge < -0.3 is 0 Å². The third kappa shape index (κ3) is 56.8. The second-order valence-corrected chi connectivity index (χ2v) is 14.6. The number of halogens is 2. The van der Waals surface area contributed by atoms with Gasteiger partial charge in [-0.2, -0.15) is 0 Å². The zero-order chi connectivity index (χ0) is 5.41. The van der Waals surface area contributed by atoms with E-state index in [1.165, 1.54) is 0 Å². The second-order valence-electron chi connectivity index (χ2n) is 0.509. The Balaban J connectivity index is 0. The van der Waals surface area contributed by atoms with E-state index in [1.807, 2.05) is 6.92 Å². The molecule has 0 aromatic heterocycles. The van der Waals surface area contributed by atoms with Gasteiger partial charge in [0.05, 0.1) is 0 Å². The summed E-state index contributed by atoms with van der Waals surface area (Å²) in [5.41, 5.74) is 0. The van der Waals surface area contributed by atoms with Crippen molar-refractivity contribution < 1.29 is 13.2 Å². The Kier molecular flexibility index (Phi) is 27.9. The van der Waals surface area contributed by atoms with E-state index in [-0.39, 0.29) is 13.2 Å². The number of allylic oxidation sites excluding steroid dienone is 1. The molecule has 0 radical (unpaired) electrons. The van der Waals surface area contributed by atoms with Crippen molar-refractivity contribution in [2.75, 3.05) is 0 Å². The van der Waals surface area contributed by atoms with Gasteiger partial charge in [-0.25, -0.2) is 0 Å². The predicted octanol–water partition coefficient (Wildman–Crippen LogP) is 2.88. The van der Waals surface area contributed by atoms with Gasteiger partial charge in [-0.3, -0.25) is 0 Å². The van der Waals surface area contributed by atoms with Crippen LogP contribution in [0.4, 0.5) is 0 Å².